The van der Waals surface area contributed by atoms with Gasteiger partial charge in [0, 0.05) is 0 Å². The standard InChI is InChI=1S/C12H16ClNO2/c1-9-3-4-11(10(2)7-9)16-6-5-14-12(15)8-13/h3-4,7H,5-6,8H2,1-2H3,(H,14,15). The summed E-state index contributed by atoms with van der Waals surface area (Å²) in [5.74, 6) is 0.667. The van der Waals surface area contributed by atoms with E-state index in [1.165, 1.54) is 5.56 Å². The fourth-order valence-electron chi connectivity index (χ4n) is 1.36. The van der Waals surface area contributed by atoms with Crippen molar-refractivity contribution in [2.75, 3.05) is 19.0 Å². The highest BCUT2D eigenvalue weighted by Gasteiger charge is 2.00. The van der Waals surface area contributed by atoms with Gasteiger partial charge in [-0.3, -0.25) is 4.79 Å². The monoisotopic (exact) mass is 241 g/mol. The minimum atomic E-state index is -0.175. The van der Waals surface area contributed by atoms with Gasteiger partial charge in [-0.15, -0.1) is 11.6 Å². The Hall–Kier alpha value is -1.22. The van der Waals surface area contributed by atoms with E-state index < -0.39 is 0 Å². The van der Waals surface area contributed by atoms with E-state index in [9.17, 15) is 4.79 Å². The van der Waals surface area contributed by atoms with Crippen molar-refractivity contribution >= 4 is 17.5 Å². The normalized spacial score (nSPS) is 9.94. The molecule has 0 spiro atoms. The van der Waals surface area contributed by atoms with Crippen LogP contribution >= 0.6 is 11.6 Å². The molecule has 0 saturated heterocycles. The second-order valence-electron chi connectivity index (χ2n) is 3.60. The van der Waals surface area contributed by atoms with Crippen molar-refractivity contribution in [2.24, 2.45) is 0 Å². The third-order valence-corrected chi connectivity index (χ3v) is 2.38. The molecule has 1 aromatic carbocycles. The van der Waals surface area contributed by atoms with Gasteiger partial charge in [0.15, 0.2) is 0 Å². The maximum atomic E-state index is 10.8. The average Bonchev–Trinajstić information content (AvgIpc) is 2.26. The molecule has 1 rings (SSSR count). The SMILES string of the molecule is Cc1ccc(OCCNC(=O)CCl)c(C)c1. The highest BCUT2D eigenvalue weighted by molar-refractivity contribution is 6.27. The second-order valence-corrected chi connectivity index (χ2v) is 3.87. The van der Waals surface area contributed by atoms with E-state index in [1.54, 1.807) is 0 Å². The third-order valence-electron chi connectivity index (χ3n) is 2.13. The molecule has 0 aromatic heterocycles. The Labute approximate surface area is 101 Å². The van der Waals surface area contributed by atoms with Crippen LogP contribution in [0.25, 0.3) is 0 Å². The summed E-state index contributed by atoms with van der Waals surface area (Å²) in [5.41, 5.74) is 2.31. The van der Waals surface area contributed by atoms with Crippen molar-refractivity contribution in [1.29, 1.82) is 0 Å². The van der Waals surface area contributed by atoms with Gasteiger partial charge in [0.05, 0.1) is 6.54 Å². The van der Waals surface area contributed by atoms with Gasteiger partial charge in [-0.25, -0.2) is 0 Å². The lowest BCUT2D eigenvalue weighted by Gasteiger charge is -2.09. The lowest BCUT2D eigenvalue weighted by atomic mass is 10.1. The Morgan fingerprint density at radius 3 is 2.81 bits per heavy atom. The minimum absolute atomic E-state index is 0.0104. The molecule has 0 fully saturated rings. The van der Waals surface area contributed by atoms with Crippen molar-refractivity contribution < 1.29 is 9.53 Å². The zero-order valence-corrected chi connectivity index (χ0v) is 10.3. The Kier molecular flexibility index (Phi) is 5.12. The molecule has 0 aliphatic rings. The van der Waals surface area contributed by atoms with E-state index >= 15 is 0 Å². The lowest BCUT2D eigenvalue weighted by Crippen LogP contribution is -2.28. The van der Waals surface area contributed by atoms with Gasteiger partial charge in [-0.05, 0) is 25.5 Å². The smallest absolute Gasteiger partial charge is 0.235 e. The highest BCUT2D eigenvalue weighted by Crippen LogP contribution is 2.18. The molecule has 1 aromatic rings. The summed E-state index contributed by atoms with van der Waals surface area (Å²) < 4.78 is 5.53. The van der Waals surface area contributed by atoms with Crippen LogP contribution in [0.4, 0.5) is 0 Å². The Bertz CT molecular complexity index is 366. The van der Waals surface area contributed by atoms with E-state index in [0.29, 0.717) is 13.2 Å². The number of hydrogen-bond acceptors (Lipinski definition) is 2. The molecule has 0 aliphatic heterocycles. The zero-order valence-electron chi connectivity index (χ0n) is 9.55. The Balaban J connectivity index is 2.35. The summed E-state index contributed by atoms with van der Waals surface area (Å²) in [5, 5.41) is 2.64. The van der Waals surface area contributed by atoms with Gasteiger partial charge in [-0.1, -0.05) is 17.7 Å². The molecule has 0 unspecified atom stereocenters. The molecule has 0 heterocycles. The second kappa shape index (κ2) is 6.38. The van der Waals surface area contributed by atoms with Gasteiger partial charge in [0.1, 0.15) is 18.2 Å². The van der Waals surface area contributed by atoms with Gasteiger partial charge in [0.2, 0.25) is 5.91 Å². The Morgan fingerprint density at radius 2 is 2.19 bits per heavy atom. The molecule has 1 amide bonds. The number of amides is 1. The van der Waals surface area contributed by atoms with Crippen LogP contribution in [-0.4, -0.2) is 24.9 Å². The van der Waals surface area contributed by atoms with Crippen LogP contribution in [0.15, 0.2) is 18.2 Å². The Morgan fingerprint density at radius 1 is 1.44 bits per heavy atom. The van der Waals surface area contributed by atoms with E-state index in [2.05, 4.69) is 11.4 Å². The topological polar surface area (TPSA) is 38.3 Å². The minimum Gasteiger partial charge on any atom is -0.491 e. The van der Waals surface area contributed by atoms with Gasteiger partial charge in [0.25, 0.3) is 0 Å². The molecular weight excluding hydrogens is 226 g/mol. The van der Waals surface area contributed by atoms with Crippen LogP contribution in [0.2, 0.25) is 0 Å². The largest absolute Gasteiger partial charge is 0.491 e. The fourth-order valence-corrected chi connectivity index (χ4v) is 1.45. The summed E-state index contributed by atoms with van der Waals surface area (Å²) >= 11 is 5.34. The van der Waals surface area contributed by atoms with Gasteiger partial charge >= 0.3 is 0 Å². The van der Waals surface area contributed by atoms with E-state index in [1.807, 2.05) is 26.0 Å². The number of benzene rings is 1. The van der Waals surface area contributed by atoms with E-state index in [-0.39, 0.29) is 11.8 Å². The summed E-state index contributed by atoms with van der Waals surface area (Å²) in [7, 11) is 0. The summed E-state index contributed by atoms with van der Waals surface area (Å²) in [6, 6.07) is 6.00. The summed E-state index contributed by atoms with van der Waals surface area (Å²) in [6.45, 7) is 4.96. The third kappa shape index (κ3) is 4.11. The number of hydrogen-bond donors (Lipinski definition) is 1. The first-order chi connectivity index (χ1) is 7.63. The number of rotatable bonds is 5. The van der Waals surface area contributed by atoms with Crippen LogP contribution in [-0.2, 0) is 4.79 Å². The highest BCUT2D eigenvalue weighted by atomic mass is 35.5. The molecule has 88 valence electrons. The molecule has 0 aliphatic carbocycles. The molecule has 3 nitrogen and oxygen atoms in total. The molecule has 1 N–H and O–H groups in total. The molecule has 0 radical (unpaired) electrons. The number of nitrogens with one attached hydrogen (secondary N) is 1. The molecule has 0 bridgehead atoms. The maximum Gasteiger partial charge on any atom is 0.235 e. The summed E-state index contributed by atoms with van der Waals surface area (Å²) in [6.07, 6.45) is 0. The van der Waals surface area contributed by atoms with Crippen molar-refractivity contribution in [3.63, 3.8) is 0 Å². The molecule has 0 atom stereocenters. The van der Waals surface area contributed by atoms with Crippen molar-refractivity contribution in [1.82, 2.24) is 5.32 Å². The van der Waals surface area contributed by atoms with Crippen LogP contribution in [0.1, 0.15) is 11.1 Å². The van der Waals surface area contributed by atoms with Crippen molar-refractivity contribution in [3.05, 3.63) is 29.3 Å². The van der Waals surface area contributed by atoms with Gasteiger partial charge in [-0.2, -0.15) is 0 Å². The predicted molar refractivity (Wildman–Crippen MR) is 65.1 cm³/mol. The zero-order chi connectivity index (χ0) is 12.0. The lowest BCUT2D eigenvalue weighted by molar-refractivity contribution is -0.118. The first-order valence-electron chi connectivity index (χ1n) is 5.16. The van der Waals surface area contributed by atoms with E-state index in [0.717, 1.165) is 11.3 Å². The number of carbonyl (C=O) groups is 1. The first-order valence-corrected chi connectivity index (χ1v) is 5.69. The van der Waals surface area contributed by atoms with E-state index in [4.69, 9.17) is 16.3 Å². The van der Waals surface area contributed by atoms with Crippen LogP contribution in [0.5, 0.6) is 5.75 Å². The number of carbonyl (C=O) groups excluding carboxylic acids is 1. The molecular formula is C12H16ClNO2. The average molecular weight is 242 g/mol. The van der Waals surface area contributed by atoms with Crippen molar-refractivity contribution in [2.45, 2.75) is 13.8 Å². The van der Waals surface area contributed by atoms with Crippen molar-refractivity contribution in [3.8, 4) is 5.75 Å². The number of alkyl halides is 1. The summed E-state index contributed by atoms with van der Waals surface area (Å²) in [4.78, 5) is 10.8. The maximum absolute atomic E-state index is 10.8. The van der Waals surface area contributed by atoms with Crippen LogP contribution in [0.3, 0.4) is 0 Å². The van der Waals surface area contributed by atoms with Gasteiger partial charge < -0.3 is 10.1 Å². The molecule has 16 heavy (non-hydrogen) atoms. The quantitative estimate of drug-likeness (QED) is 0.633. The van der Waals surface area contributed by atoms with Crippen LogP contribution in [0, 0.1) is 13.8 Å². The van der Waals surface area contributed by atoms with Crippen LogP contribution < -0.4 is 10.1 Å². The fraction of sp³-hybridized carbons (Fsp3) is 0.417. The molecule has 4 heteroatoms. The number of ether oxygens (including phenoxy) is 1. The number of halogens is 1. The first kappa shape index (κ1) is 12.8. The molecule has 0 saturated carbocycles. The number of aryl methyl sites for hydroxylation is 2. The predicted octanol–water partition coefficient (Wildman–Crippen LogP) is 2.04.